The van der Waals surface area contributed by atoms with Gasteiger partial charge in [0.2, 0.25) is 0 Å². The van der Waals surface area contributed by atoms with Gasteiger partial charge in [0.1, 0.15) is 31.2 Å². The van der Waals surface area contributed by atoms with Crippen LogP contribution in [0.25, 0.3) is 5.69 Å². The van der Waals surface area contributed by atoms with Gasteiger partial charge in [0.15, 0.2) is 16.8 Å². The number of alkyl halides is 3. The Kier molecular flexibility index (Phi) is 11.6. The molecule has 3 heterocycles. The van der Waals surface area contributed by atoms with Gasteiger partial charge in [-0.3, -0.25) is 9.80 Å². The van der Waals surface area contributed by atoms with Crippen molar-refractivity contribution in [1.29, 1.82) is 0 Å². The van der Waals surface area contributed by atoms with E-state index in [9.17, 15) is 13.2 Å². The number of fused-ring (bicyclic) bond motifs is 2. The Labute approximate surface area is 302 Å². The molecule has 0 fully saturated rings. The van der Waals surface area contributed by atoms with Gasteiger partial charge in [-0.25, -0.2) is 13.0 Å². The lowest BCUT2D eigenvalue weighted by atomic mass is 9.92. The summed E-state index contributed by atoms with van der Waals surface area (Å²) in [5, 5.41) is 1.41. The maximum Gasteiger partial charge on any atom is 0.485 e. The second kappa shape index (κ2) is 15.2. The standard InChI is InChI=1S/C37H45N4P2.CHF3O3S/c1-25(2)30-16-12-17-31(26(3)4)34(30)40-22-20-38-24-39-21-23-41(35-32(27(5)6)18-13-19-33(35)28(7)8)37(39)43(42-36(38)40)29-14-10-9-11-15-29;2-1(3,4)8(5,6)7/h9-23,25-28H,24H2,1-8H3;(H,5,6,7)/q+1;/p-1. The molecule has 3 aromatic carbocycles. The van der Waals surface area contributed by atoms with Crippen LogP contribution in [0.4, 0.5) is 18.9 Å². The molecule has 4 aromatic rings. The number of nitrogens with zero attached hydrogens (tertiary/aromatic N) is 4. The molecule has 0 N–H and O–H groups in total. The maximum absolute atomic E-state index is 10.7. The summed E-state index contributed by atoms with van der Waals surface area (Å²) in [5.74, 6) is 1.74. The zero-order chi connectivity index (χ0) is 37.4. The normalized spacial score (nSPS) is 16.3. The Morgan fingerprint density at radius 3 is 1.67 bits per heavy atom. The SMILES string of the molecule is CC(C)c1cccc(C(C)C)c1N1C=CN2C[n+]3ccn(-c4c(C(C)C)cccc4C(C)C)c3P(c3ccccc3)P=C21.O=S(=O)([O-])C(F)(F)F. The third kappa shape index (κ3) is 7.97. The summed E-state index contributed by atoms with van der Waals surface area (Å²) in [7, 11) is -5.50. The Hall–Kier alpha value is -3.49. The Bertz CT molecular complexity index is 1990. The van der Waals surface area contributed by atoms with E-state index in [-0.39, 0.29) is 0 Å². The highest BCUT2D eigenvalue weighted by atomic mass is 32.2. The molecule has 6 rings (SSSR count). The van der Waals surface area contributed by atoms with Crippen LogP contribution < -0.4 is 20.3 Å². The van der Waals surface area contributed by atoms with Crippen LogP contribution in [0.15, 0.2) is 91.5 Å². The van der Waals surface area contributed by atoms with Crippen molar-refractivity contribution >= 4 is 47.7 Å². The molecular weight excluding hydrogens is 711 g/mol. The summed E-state index contributed by atoms with van der Waals surface area (Å²) < 4.78 is 64.0. The van der Waals surface area contributed by atoms with Crippen LogP contribution in [0.2, 0.25) is 0 Å². The first-order chi connectivity index (χ1) is 23.9. The lowest BCUT2D eigenvalue weighted by molar-refractivity contribution is -0.691. The first kappa shape index (κ1) is 38.7. The fourth-order valence-electron chi connectivity index (χ4n) is 6.36. The highest BCUT2D eigenvalue weighted by molar-refractivity contribution is 8.27. The first-order valence-corrected chi connectivity index (χ1v) is 21.3. The molecule has 0 saturated heterocycles. The minimum atomic E-state index is -6.09. The lowest BCUT2D eigenvalue weighted by Gasteiger charge is -2.29. The molecule has 51 heavy (non-hydrogen) atoms. The van der Waals surface area contributed by atoms with E-state index in [1.807, 2.05) is 0 Å². The van der Waals surface area contributed by atoms with Gasteiger partial charge in [-0.2, -0.15) is 17.7 Å². The molecule has 7 nitrogen and oxygen atoms in total. The highest BCUT2D eigenvalue weighted by Gasteiger charge is 2.39. The van der Waals surface area contributed by atoms with Crippen molar-refractivity contribution in [3.05, 3.63) is 114 Å². The molecule has 0 saturated carbocycles. The minimum Gasteiger partial charge on any atom is -0.741 e. The van der Waals surface area contributed by atoms with Crippen molar-refractivity contribution in [2.75, 3.05) is 4.90 Å². The number of benzene rings is 3. The zero-order valence-corrected chi connectivity index (χ0v) is 32.7. The van der Waals surface area contributed by atoms with E-state index >= 15 is 0 Å². The van der Waals surface area contributed by atoms with Crippen molar-refractivity contribution < 1.29 is 30.7 Å². The number of hydrogen-bond donors (Lipinski definition) is 0. The summed E-state index contributed by atoms with van der Waals surface area (Å²) in [5.41, 5.74) is 5.48. The van der Waals surface area contributed by atoms with Crippen LogP contribution in [-0.2, 0) is 16.8 Å². The van der Waals surface area contributed by atoms with Gasteiger partial charge < -0.3 is 4.55 Å². The quantitative estimate of drug-likeness (QED) is 0.0816. The molecule has 0 bridgehead atoms. The van der Waals surface area contributed by atoms with E-state index in [0.717, 1.165) is 6.67 Å². The van der Waals surface area contributed by atoms with Crippen LogP contribution in [0.5, 0.6) is 0 Å². The third-order valence-electron chi connectivity index (χ3n) is 8.87. The molecule has 0 spiro atoms. The van der Waals surface area contributed by atoms with Crippen LogP contribution in [0.1, 0.15) is 101 Å². The van der Waals surface area contributed by atoms with Gasteiger partial charge in [-0.05, 0) is 48.0 Å². The van der Waals surface area contributed by atoms with Crippen molar-refractivity contribution in [1.82, 2.24) is 9.47 Å². The molecule has 1 atom stereocenters. The molecule has 272 valence electrons. The highest BCUT2D eigenvalue weighted by Crippen LogP contribution is 2.52. The number of imidazole rings is 1. The molecule has 13 heteroatoms. The van der Waals surface area contributed by atoms with E-state index in [4.69, 9.17) is 13.0 Å². The lowest BCUT2D eigenvalue weighted by Crippen LogP contribution is -2.52. The van der Waals surface area contributed by atoms with Crippen LogP contribution in [0, 0.1) is 0 Å². The van der Waals surface area contributed by atoms with E-state index in [2.05, 4.69) is 166 Å². The van der Waals surface area contributed by atoms with Gasteiger partial charge in [0, 0.05) is 23.5 Å². The number of halogens is 3. The largest absolute Gasteiger partial charge is 0.741 e. The van der Waals surface area contributed by atoms with E-state index in [0.29, 0.717) is 23.7 Å². The van der Waals surface area contributed by atoms with Gasteiger partial charge in [0.05, 0.1) is 5.69 Å². The Balaban J connectivity index is 0.000000565. The van der Waals surface area contributed by atoms with E-state index < -0.39 is 23.2 Å². The molecule has 0 radical (unpaired) electrons. The van der Waals surface area contributed by atoms with Crippen molar-refractivity contribution in [3.63, 3.8) is 0 Å². The number of aromatic nitrogens is 2. The number of hydrogen-bond acceptors (Lipinski definition) is 5. The summed E-state index contributed by atoms with van der Waals surface area (Å²) in [6.07, 6.45) is 9.24. The van der Waals surface area contributed by atoms with E-state index in [1.54, 1.807) is 0 Å². The molecule has 2 aliphatic rings. The van der Waals surface area contributed by atoms with Gasteiger partial charge in [0.25, 0.3) is 5.57 Å². The third-order valence-corrected chi connectivity index (χ3v) is 14.3. The second-order valence-corrected chi connectivity index (χ2v) is 19.2. The predicted molar refractivity (Wildman–Crippen MR) is 203 cm³/mol. The summed E-state index contributed by atoms with van der Waals surface area (Å²) in [6.45, 7) is 19.4. The molecule has 0 aliphatic carbocycles. The zero-order valence-electron chi connectivity index (χ0n) is 30.1. The summed E-state index contributed by atoms with van der Waals surface area (Å²) >= 11 is 0. The molecular formula is C38H45F3N4O3P2S. The maximum atomic E-state index is 10.7. The smallest absolute Gasteiger partial charge is 0.485 e. The first-order valence-electron chi connectivity index (χ1n) is 17.0. The number of para-hydroxylation sites is 2. The molecule has 2 aliphatic heterocycles. The average Bonchev–Trinajstić information content (AvgIpc) is 3.61. The van der Waals surface area contributed by atoms with Crippen molar-refractivity contribution in [2.45, 2.75) is 91.2 Å². The van der Waals surface area contributed by atoms with Crippen LogP contribution >= 0.6 is 15.5 Å². The van der Waals surface area contributed by atoms with Gasteiger partial charge in [-0.1, -0.05) is 122 Å². The van der Waals surface area contributed by atoms with Gasteiger partial charge in [-0.15, -0.1) is 0 Å². The molecule has 1 aromatic heterocycles. The van der Waals surface area contributed by atoms with Crippen molar-refractivity contribution in [3.8, 4) is 5.69 Å². The minimum absolute atomic E-state index is 0.431. The second-order valence-electron chi connectivity index (χ2n) is 13.9. The fourth-order valence-corrected chi connectivity index (χ4v) is 11.5. The topological polar surface area (TPSA) is 72.5 Å². The van der Waals surface area contributed by atoms with Crippen LogP contribution in [-0.4, -0.2) is 33.5 Å². The Morgan fingerprint density at radius 2 is 1.22 bits per heavy atom. The predicted octanol–water partition coefficient (Wildman–Crippen LogP) is 8.96. The van der Waals surface area contributed by atoms with Crippen LogP contribution in [0.3, 0.4) is 0 Å². The summed E-state index contributed by atoms with van der Waals surface area (Å²) in [4.78, 5) is 4.99. The summed E-state index contributed by atoms with van der Waals surface area (Å²) in [6, 6.07) is 25.0. The fraction of sp³-hybridized carbons (Fsp3) is 0.368. The van der Waals surface area contributed by atoms with Gasteiger partial charge >= 0.3 is 5.51 Å². The Morgan fingerprint density at radius 1 is 0.745 bits per heavy atom. The molecule has 0 amide bonds. The van der Waals surface area contributed by atoms with E-state index in [1.165, 1.54) is 57.9 Å². The van der Waals surface area contributed by atoms with Crippen molar-refractivity contribution in [2.24, 2.45) is 0 Å². The monoisotopic (exact) mass is 756 g/mol. The number of anilines is 1. The number of rotatable bonds is 7. The molecule has 1 unspecified atom stereocenters. The average molecular weight is 757 g/mol.